The van der Waals surface area contributed by atoms with Gasteiger partial charge in [-0.25, -0.2) is 0 Å². The third-order valence-corrected chi connectivity index (χ3v) is 3.70. The second kappa shape index (κ2) is 6.19. The summed E-state index contributed by atoms with van der Waals surface area (Å²) < 4.78 is 0. The first-order chi connectivity index (χ1) is 8.66. The lowest BCUT2D eigenvalue weighted by molar-refractivity contribution is 0.650. The Morgan fingerprint density at radius 2 is 1.89 bits per heavy atom. The van der Waals surface area contributed by atoms with Crippen molar-refractivity contribution >= 4 is 0 Å². The summed E-state index contributed by atoms with van der Waals surface area (Å²) >= 11 is 0. The topological polar surface area (TPSA) is 12.0 Å². The maximum absolute atomic E-state index is 3.63. The summed E-state index contributed by atoms with van der Waals surface area (Å²) in [5.74, 6) is 1.13. The van der Waals surface area contributed by atoms with Crippen LogP contribution in [-0.4, -0.2) is 12.6 Å². The molecule has 0 aromatic heterocycles. The third-order valence-electron chi connectivity index (χ3n) is 3.70. The van der Waals surface area contributed by atoms with Gasteiger partial charge in [-0.15, -0.1) is 0 Å². The zero-order valence-corrected chi connectivity index (χ0v) is 11.8. The van der Waals surface area contributed by atoms with Crippen LogP contribution in [0.5, 0.6) is 0 Å². The first-order valence-electron chi connectivity index (χ1n) is 7.15. The molecule has 1 aliphatic rings. The summed E-state index contributed by atoms with van der Waals surface area (Å²) in [5.41, 5.74) is 2.94. The van der Waals surface area contributed by atoms with Gasteiger partial charge >= 0.3 is 0 Å². The van der Waals surface area contributed by atoms with Crippen LogP contribution in [0.15, 0.2) is 42.0 Å². The summed E-state index contributed by atoms with van der Waals surface area (Å²) in [6.07, 6.45) is 5.16. The lowest BCUT2D eigenvalue weighted by atomic mass is 9.94. The van der Waals surface area contributed by atoms with E-state index in [0.29, 0.717) is 11.8 Å². The molecule has 1 aromatic rings. The molecule has 2 rings (SSSR count). The van der Waals surface area contributed by atoms with Crippen molar-refractivity contribution < 1.29 is 0 Å². The van der Waals surface area contributed by atoms with Crippen molar-refractivity contribution in [2.24, 2.45) is 5.92 Å². The van der Waals surface area contributed by atoms with E-state index in [1.165, 1.54) is 18.4 Å². The van der Waals surface area contributed by atoms with Crippen LogP contribution in [-0.2, 0) is 0 Å². The molecular formula is C17H25N. The lowest BCUT2D eigenvalue weighted by Crippen LogP contribution is -2.21. The average Bonchev–Trinajstić information content (AvgIpc) is 3.19. The Hall–Kier alpha value is -1.08. The molecule has 18 heavy (non-hydrogen) atoms. The van der Waals surface area contributed by atoms with Gasteiger partial charge in [0.25, 0.3) is 0 Å². The van der Waals surface area contributed by atoms with Gasteiger partial charge in [-0.3, -0.25) is 0 Å². The second-order valence-corrected chi connectivity index (χ2v) is 5.75. The van der Waals surface area contributed by atoms with Crippen LogP contribution in [0.2, 0.25) is 0 Å². The Bertz CT molecular complexity index is 387. The second-order valence-electron chi connectivity index (χ2n) is 5.75. The van der Waals surface area contributed by atoms with Gasteiger partial charge < -0.3 is 5.32 Å². The fraction of sp³-hybridized carbons (Fsp3) is 0.529. The summed E-state index contributed by atoms with van der Waals surface area (Å²) in [4.78, 5) is 0. The van der Waals surface area contributed by atoms with Crippen molar-refractivity contribution in [3.05, 3.63) is 47.5 Å². The van der Waals surface area contributed by atoms with E-state index in [-0.39, 0.29) is 0 Å². The Labute approximate surface area is 111 Å². The normalized spacial score (nSPS) is 18.1. The Morgan fingerprint density at radius 3 is 2.44 bits per heavy atom. The van der Waals surface area contributed by atoms with Crippen LogP contribution >= 0.6 is 0 Å². The molecule has 1 unspecified atom stereocenters. The van der Waals surface area contributed by atoms with Crippen molar-refractivity contribution in [2.75, 3.05) is 6.54 Å². The molecule has 0 saturated heterocycles. The predicted molar refractivity (Wildman–Crippen MR) is 78.8 cm³/mol. The molecule has 1 saturated carbocycles. The van der Waals surface area contributed by atoms with E-state index in [9.17, 15) is 0 Å². The molecule has 1 heteroatoms. The van der Waals surface area contributed by atoms with Gasteiger partial charge in [-0.2, -0.15) is 0 Å². The standard InChI is InChI=1S/C17H25N/c1-13(2)16(12-18-17-9-10-17)11-14(3)15-7-5-4-6-8-15/h4-8,11,13-14,17-18H,9-10,12H2,1-3H3/b16-11+. The first-order valence-corrected chi connectivity index (χ1v) is 7.15. The van der Waals surface area contributed by atoms with Crippen molar-refractivity contribution in [3.63, 3.8) is 0 Å². The summed E-state index contributed by atoms with van der Waals surface area (Å²) in [6, 6.07) is 11.5. The van der Waals surface area contributed by atoms with Crippen molar-refractivity contribution in [2.45, 2.75) is 45.6 Å². The van der Waals surface area contributed by atoms with E-state index in [1.54, 1.807) is 5.57 Å². The van der Waals surface area contributed by atoms with E-state index < -0.39 is 0 Å². The fourth-order valence-corrected chi connectivity index (χ4v) is 2.18. The molecule has 0 spiro atoms. The maximum Gasteiger partial charge on any atom is 0.0169 e. The molecule has 1 aliphatic carbocycles. The summed E-state index contributed by atoms with van der Waals surface area (Å²) in [7, 11) is 0. The zero-order valence-electron chi connectivity index (χ0n) is 11.8. The highest BCUT2D eigenvalue weighted by molar-refractivity contribution is 5.25. The zero-order chi connectivity index (χ0) is 13.0. The summed E-state index contributed by atoms with van der Waals surface area (Å²) in [5, 5.41) is 3.63. The number of hydrogen-bond donors (Lipinski definition) is 1. The number of rotatable bonds is 6. The van der Waals surface area contributed by atoms with Crippen LogP contribution in [0.3, 0.4) is 0 Å². The van der Waals surface area contributed by atoms with Gasteiger partial charge in [0, 0.05) is 12.6 Å². The summed E-state index contributed by atoms with van der Waals surface area (Å²) in [6.45, 7) is 7.92. The van der Waals surface area contributed by atoms with Gasteiger partial charge in [0.1, 0.15) is 0 Å². The third kappa shape index (κ3) is 3.99. The quantitative estimate of drug-likeness (QED) is 0.741. The van der Waals surface area contributed by atoms with E-state index in [0.717, 1.165) is 12.6 Å². The molecule has 0 heterocycles. The Kier molecular flexibility index (Phi) is 4.60. The molecule has 1 nitrogen and oxygen atoms in total. The highest BCUT2D eigenvalue weighted by atomic mass is 14.9. The van der Waals surface area contributed by atoms with E-state index in [1.807, 2.05) is 0 Å². The number of benzene rings is 1. The molecular weight excluding hydrogens is 218 g/mol. The van der Waals surface area contributed by atoms with E-state index in [2.05, 4.69) is 62.5 Å². The molecule has 0 aliphatic heterocycles. The Morgan fingerprint density at radius 1 is 1.22 bits per heavy atom. The van der Waals surface area contributed by atoms with Crippen LogP contribution in [0, 0.1) is 5.92 Å². The predicted octanol–water partition coefficient (Wildman–Crippen LogP) is 4.12. The number of hydrogen-bond acceptors (Lipinski definition) is 1. The van der Waals surface area contributed by atoms with Gasteiger partial charge in [-0.05, 0) is 30.2 Å². The molecule has 98 valence electrons. The van der Waals surface area contributed by atoms with Crippen molar-refractivity contribution in [3.8, 4) is 0 Å². The van der Waals surface area contributed by atoms with Crippen LogP contribution in [0.1, 0.15) is 45.1 Å². The van der Waals surface area contributed by atoms with Crippen LogP contribution < -0.4 is 5.32 Å². The molecule has 1 fully saturated rings. The SMILES string of the molecule is CC(C)/C(=C/C(C)c1ccccc1)CNC1CC1. The minimum atomic E-state index is 0.504. The number of allylic oxidation sites excluding steroid dienone is 1. The highest BCUT2D eigenvalue weighted by Gasteiger charge is 2.21. The van der Waals surface area contributed by atoms with E-state index >= 15 is 0 Å². The van der Waals surface area contributed by atoms with Crippen molar-refractivity contribution in [1.82, 2.24) is 5.32 Å². The van der Waals surface area contributed by atoms with Gasteiger partial charge in [0.2, 0.25) is 0 Å². The smallest absolute Gasteiger partial charge is 0.0169 e. The maximum atomic E-state index is 3.63. The molecule has 0 amide bonds. The Balaban J connectivity index is 2.01. The highest BCUT2D eigenvalue weighted by Crippen LogP contribution is 2.23. The van der Waals surface area contributed by atoms with Crippen LogP contribution in [0.25, 0.3) is 0 Å². The molecule has 1 atom stereocenters. The molecule has 0 bridgehead atoms. The first kappa shape index (κ1) is 13.4. The van der Waals surface area contributed by atoms with E-state index in [4.69, 9.17) is 0 Å². The lowest BCUT2D eigenvalue weighted by Gasteiger charge is -2.16. The van der Waals surface area contributed by atoms with Gasteiger partial charge in [0.05, 0.1) is 0 Å². The molecule has 1 N–H and O–H groups in total. The molecule has 1 aromatic carbocycles. The largest absolute Gasteiger partial charge is 0.310 e. The fourth-order valence-electron chi connectivity index (χ4n) is 2.18. The average molecular weight is 243 g/mol. The van der Waals surface area contributed by atoms with Gasteiger partial charge in [-0.1, -0.05) is 62.8 Å². The number of nitrogens with one attached hydrogen (secondary N) is 1. The van der Waals surface area contributed by atoms with Crippen molar-refractivity contribution in [1.29, 1.82) is 0 Å². The minimum absolute atomic E-state index is 0.504. The molecule has 0 radical (unpaired) electrons. The van der Waals surface area contributed by atoms with Crippen LogP contribution in [0.4, 0.5) is 0 Å². The minimum Gasteiger partial charge on any atom is -0.310 e. The monoisotopic (exact) mass is 243 g/mol. The van der Waals surface area contributed by atoms with Gasteiger partial charge in [0.15, 0.2) is 0 Å².